The molecule has 1 N–H and O–H groups in total. The Morgan fingerprint density at radius 3 is 2.35 bits per heavy atom. The number of hydrogen-bond donors (Lipinski definition) is 1. The van der Waals surface area contributed by atoms with Gasteiger partial charge >= 0.3 is 6.03 Å². The summed E-state index contributed by atoms with van der Waals surface area (Å²) in [6, 6.07) is 14.8. The molecule has 118 valence electrons. The number of halogens is 1. The number of carbonyl (C=O) groups is 2. The minimum absolute atomic E-state index is 0.0775. The molecule has 2 aromatic carbocycles. The molecule has 0 spiro atoms. The zero-order valence-corrected chi connectivity index (χ0v) is 12.8. The van der Waals surface area contributed by atoms with E-state index in [1.54, 1.807) is 18.2 Å². The average molecular weight is 312 g/mol. The lowest BCUT2D eigenvalue weighted by atomic mass is 9.87. The molecule has 1 aliphatic rings. The van der Waals surface area contributed by atoms with Crippen LogP contribution in [0.4, 0.5) is 9.18 Å². The fourth-order valence-electron chi connectivity index (χ4n) is 2.93. The van der Waals surface area contributed by atoms with E-state index in [9.17, 15) is 14.0 Å². The second-order valence-electron chi connectivity index (χ2n) is 5.54. The zero-order valence-electron chi connectivity index (χ0n) is 12.8. The van der Waals surface area contributed by atoms with Crippen molar-refractivity contribution in [1.82, 2.24) is 10.2 Å². The molecular weight excluding hydrogens is 295 g/mol. The molecule has 0 unspecified atom stereocenters. The molecule has 0 aromatic heterocycles. The number of carbonyl (C=O) groups excluding carboxylic acids is 2. The summed E-state index contributed by atoms with van der Waals surface area (Å²) >= 11 is 0. The molecule has 0 radical (unpaired) electrons. The van der Waals surface area contributed by atoms with Crippen molar-refractivity contribution in [3.63, 3.8) is 0 Å². The normalized spacial score (nSPS) is 20.7. The molecule has 0 saturated carbocycles. The maximum absolute atomic E-state index is 13.8. The van der Waals surface area contributed by atoms with Crippen LogP contribution in [0, 0.1) is 5.82 Å². The number of imide groups is 1. The minimum atomic E-state index is -1.08. The third-order valence-corrected chi connectivity index (χ3v) is 4.26. The third kappa shape index (κ3) is 2.48. The SMILES string of the molecule is CC[C@]1(c2ccccc2)NC(=O)N(Cc2ccccc2F)C1=O. The lowest BCUT2D eigenvalue weighted by molar-refractivity contribution is -0.132. The maximum Gasteiger partial charge on any atom is 0.325 e. The van der Waals surface area contributed by atoms with Gasteiger partial charge in [-0.2, -0.15) is 0 Å². The van der Waals surface area contributed by atoms with Gasteiger partial charge in [0.25, 0.3) is 5.91 Å². The number of benzene rings is 2. The van der Waals surface area contributed by atoms with Crippen LogP contribution < -0.4 is 5.32 Å². The van der Waals surface area contributed by atoms with E-state index in [-0.39, 0.29) is 12.5 Å². The van der Waals surface area contributed by atoms with Gasteiger partial charge < -0.3 is 5.32 Å². The molecule has 2 aromatic rings. The standard InChI is InChI=1S/C18H17FN2O2/c1-2-18(14-9-4-3-5-10-14)16(22)21(17(23)20-18)12-13-8-6-7-11-15(13)19/h3-11H,2,12H2,1H3,(H,20,23)/t18-/m1/s1. The van der Waals surface area contributed by atoms with Gasteiger partial charge in [-0.15, -0.1) is 0 Å². The van der Waals surface area contributed by atoms with E-state index in [4.69, 9.17) is 0 Å². The van der Waals surface area contributed by atoms with E-state index in [1.165, 1.54) is 6.07 Å². The van der Waals surface area contributed by atoms with Gasteiger partial charge in [0.05, 0.1) is 6.54 Å². The second-order valence-corrected chi connectivity index (χ2v) is 5.54. The molecule has 1 heterocycles. The Labute approximate surface area is 133 Å². The summed E-state index contributed by atoms with van der Waals surface area (Å²) < 4.78 is 13.8. The highest BCUT2D eigenvalue weighted by Gasteiger charge is 2.51. The van der Waals surface area contributed by atoms with Gasteiger partial charge in [0.1, 0.15) is 11.4 Å². The first-order chi connectivity index (χ1) is 11.1. The minimum Gasteiger partial charge on any atom is -0.319 e. The summed E-state index contributed by atoms with van der Waals surface area (Å²) in [5.41, 5.74) is -0.0308. The summed E-state index contributed by atoms with van der Waals surface area (Å²) in [6.07, 6.45) is 0.426. The van der Waals surface area contributed by atoms with Gasteiger partial charge in [-0.05, 0) is 18.1 Å². The Kier molecular flexibility index (Phi) is 3.86. The van der Waals surface area contributed by atoms with Crippen molar-refractivity contribution < 1.29 is 14.0 Å². The van der Waals surface area contributed by atoms with Gasteiger partial charge in [-0.1, -0.05) is 55.5 Å². The van der Waals surface area contributed by atoms with Gasteiger partial charge in [0, 0.05) is 5.56 Å². The summed E-state index contributed by atoms with van der Waals surface area (Å²) in [4.78, 5) is 26.3. The van der Waals surface area contributed by atoms with Crippen molar-refractivity contribution in [1.29, 1.82) is 0 Å². The first kappa shape index (κ1) is 15.2. The largest absolute Gasteiger partial charge is 0.325 e. The Balaban J connectivity index is 1.95. The van der Waals surface area contributed by atoms with Crippen molar-refractivity contribution in [3.05, 3.63) is 71.5 Å². The monoisotopic (exact) mass is 312 g/mol. The molecule has 0 aliphatic carbocycles. The first-order valence-corrected chi connectivity index (χ1v) is 7.51. The number of rotatable bonds is 4. The van der Waals surface area contributed by atoms with Crippen LogP contribution in [0.5, 0.6) is 0 Å². The van der Waals surface area contributed by atoms with Gasteiger partial charge in [0.15, 0.2) is 0 Å². The maximum atomic E-state index is 13.8. The van der Waals surface area contributed by atoms with Crippen LogP contribution in [0.15, 0.2) is 54.6 Å². The van der Waals surface area contributed by atoms with Crippen molar-refractivity contribution >= 4 is 11.9 Å². The van der Waals surface area contributed by atoms with Crippen molar-refractivity contribution in [2.24, 2.45) is 0 Å². The molecule has 5 heteroatoms. The molecule has 3 rings (SSSR count). The van der Waals surface area contributed by atoms with E-state index in [1.807, 2.05) is 37.3 Å². The number of hydrogen-bond acceptors (Lipinski definition) is 2. The molecule has 23 heavy (non-hydrogen) atoms. The van der Waals surface area contributed by atoms with Gasteiger partial charge in [-0.25, -0.2) is 9.18 Å². The number of urea groups is 1. The van der Waals surface area contributed by atoms with E-state index < -0.39 is 17.4 Å². The predicted molar refractivity (Wildman–Crippen MR) is 83.9 cm³/mol. The number of nitrogens with one attached hydrogen (secondary N) is 1. The van der Waals surface area contributed by atoms with E-state index in [0.717, 1.165) is 10.5 Å². The van der Waals surface area contributed by atoms with Crippen LogP contribution >= 0.6 is 0 Å². The molecule has 1 atom stereocenters. The molecule has 1 saturated heterocycles. The molecule has 4 nitrogen and oxygen atoms in total. The van der Waals surface area contributed by atoms with Gasteiger partial charge in [-0.3, -0.25) is 9.69 Å². The molecule has 0 bridgehead atoms. The molecule has 3 amide bonds. The van der Waals surface area contributed by atoms with Crippen molar-refractivity contribution in [3.8, 4) is 0 Å². The topological polar surface area (TPSA) is 49.4 Å². The first-order valence-electron chi connectivity index (χ1n) is 7.51. The van der Waals surface area contributed by atoms with Crippen LogP contribution in [0.1, 0.15) is 24.5 Å². The summed E-state index contributed by atoms with van der Waals surface area (Å²) in [7, 11) is 0. The van der Waals surface area contributed by atoms with Crippen LogP contribution in [0.25, 0.3) is 0 Å². The Morgan fingerprint density at radius 2 is 1.70 bits per heavy atom. The summed E-state index contributed by atoms with van der Waals surface area (Å²) in [5.74, 6) is -0.777. The van der Waals surface area contributed by atoms with Crippen LogP contribution in [-0.2, 0) is 16.9 Å². The van der Waals surface area contributed by atoms with E-state index in [0.29, 0.717) is 12.0 Å². The van der Waals surface area contributed by atoms with Gasteiger partial charge in [0.2, 0.25) is 0 Å². The third-order valence-electron chi connectivity index (χ3n) is 4.26. The molecule has 1 aliphatic heterocycles. The highest BCUT2D eigenvalue weighted by Crippen LogP contribution is 2.33. The second kappa shape index (κ2) is 5.83. The van der Waals surface area contributed by atoms with Crippen LogP contribution in [0.2, 0.25) is 0 Å². The quantitative estimate of drug-likeness (QED) is 0.882. The van der Waals surface area contributed by atoms with Crippen molar-refractivity contribution in [2.45, 2.75) is 25.4 Å². The average Bonchev–Trinajstić information content (AvgIpc) is 2.82. The molecular formula is C18H17FN2O2. The number of amides is 3. The van der Waals surface area contributed by atoms with E-state index in [2.05, 4.69) is 5.32 Å². The lowest BCUT2D eigenvalue weighted by Gasteiger charge is -2.25. The smallest absolute Gasteiger partial charge is 0.319 e. The Hall–Kier alpha value is -2.69. The van der Waals surface area contributed by atoms with E-state index >= 15 is 0 Å². The zero-order chi connectivity index (χ0) is 16.4. The van der Waals surface area contributed by atoms with Crippen LogP contribution in [-0.4, -0.2) is 16.8 Å². The fraction of sp³-hybridized carbons (Fsp3) is 0.222. The summed E-state index contributed by atoms with van der Waals surface area (Å²) in [5, 5.41) is 2.79. The Morgan fingerprint density at radius 1 is 1.04 bits per heavy atom. The number of nitrogens with zero attached hydrogens (tertiary/aromatic N) is 1. The highest BCUT2D eigenvalue weighted by atomic mass is 19.1. The summed E-state index contributed by atoms with van der Waals surface area (Å²) in [6.45, 7) is 1.77. The molecule has 1 fully saturated rings. The Bertz CT molecular complexity index is 748. The predicted octanol–water partition coefficient (Wildman–Crippen LogP) is 3.18. The highest BCUT2D eigenvalue weighted by molar-refractivity contribution is 6.07. The van der Waals surface area contributed by atoms with Crippen molar-refractivity contribution in [2.75, 3.05) is 0 Å². The lowest BCUT2D eigenvalue weighted by Crippen LogP contribution is -2.43. The van der Waals surface area contributed by atoms with Crippen LogP contribution in [0.3, 0.4) is 0 Å². The fourth-order valence-corrected chi connectivity index (χ4v) is 2.93.